The van der Waals surface area contributed by atoms with E-state index in [9.17, 15) is 9.59 Å². The van der Waals surface area contributed by atoms with Gasteiger partial charge < -0.3 is 14.4 Å². The Kier molecular flexibility index (Phi) is 11.2. The molecule has 2 aromatic rings. The number of nitrogens with zero attached hydrogens (tertiary/aromatic N) is 3. The summed E-state index contributed by atoms with van der Waals surface area (Å²) in [5.74, 6) is -0.0541. The van der Waals surface area contributed by atoms with E-state index in [1.165, 1.54) is 24.8 Å². The Bertz CT molecular complexity index is 856. The fraction of sp³-hybridized carbons (Fsp3) is 0.571. The second-order valence-corrected chi connectivity index (χ2v) is 9.12. The van der Waals surface area contributed by atoms with Crippen molar-refractivity contribution in [1.82, 2.24) is 14.4 Å². The zero-order valence-corrected chi connectivity index (χ0v) is 21.3. The molecular weight excluding hydrogens is 410 g/mol. The number of benzene rings is 1. The molecule has 5 nitrogen and oxygen atoms in total. The van der Waals surface area contributed by atoms with Gasteiger partial charge in [0.25, 0.3) is 5.91 Å². The molecule has 1 unspecified atom stereocenters. The van der Waals surface area contributed by atoms with Gasteiger partial charge in [0, 0.05) is 37.1 Å². The van der Waals surface area contributed by atoms with E-state index in [0.29, 0.717) is 18.7 Å². The van der Waals surface area contributed by atoms with Gasteiger partial charge in [-0.15, -0.1) is 0 Å². The second-order valence-electron chi connectivity index (χ2n) is 9.12. The van der Waals surface area contributed by atoms with Gasteiger partial charge in [-0.25, -0.2) is 0 Å². The number of unbranched alkanes of at least 4 members (excludes halogenated alkanes) is 3. The number of carbonyl (C=O) groups is 2. The minimum Gasteiger partial charge on any atom is -0.353 e. The summed E-state index contributed by atoms with van der Waals surface area (Å²) < 4.78 is 2.05. The third kappa shape index (κ3) is 8.06. The van der Waals surface area contributed by atoms with Crippen LogP contribution in [0.5, 0.6) is 0 Å². The minimum atomic E-state index is -0.0629. The Morgan fingerprint density at radius 3 is 2.24 bits per heavy atom. The first kappa shape index (κ1) is 26.7. The lowest BCUT2D eigenvalue weighted by molar-refractivity contribution is -0.133. The number of aryl methyl sites for hydroxylation is 2. The molecule has 2 amide bonds. The van der Waals surface area contributed by atoms with Crippen molar-refractivity contribution in [2.45, 2.75) is 85.2 Å². The summed E-state index contributed by atoms with van der Waals surface area (Å²) in [5.41, 5.74) is 3.02. The summed E-state index contributed by atoms with van der Waals surface area (Å²) in [6.45, 7) is 9.80. The molecule has 1 heterocycles. The highest BCUT2D eigenvalue weighted by Crippen LogP contribution is 2.15. The standard InChI is InChI=1S/C28H43N3O2/c1-6-9-11-13-24-15-17-25(18-16-24)28(33)31(23(4)8-3)22-27(32)30(20-10-7-2)21-26-14-12-19-29(26)5/h12,14-19,23H,6-11,13,20-22H2,1-5H3. The van der Waals surface area contributed by atoms with Crippen molar-refractivity contribution in [3.05, 3.63) is 59.4 Å². The number of hydrogen-bond acceptors (Lipinski definition) is 2. The molecule has 0 fully saturated rings. The summed E-state index contributed by atoms with van der Waals surface area (Å²) in [6.07, 6.45) is 9.42. The first-order valence-electron chi connectivity index (χ1n) is 12.7. The van der Waals surface area contributed by atoms with Crippen molar-refractivity contribution < 1.29 is 9.59 Å². The molecule has 0 radical (unpaired) electrons. The summed E-state index contributed by atoms with van der Waals surface area (Å²) >= 11 is 0. The zero-order chi connectivity index (χ0) is 24.2. The van der Waals surface area contributed by atoms with Gasteiger partial charge in [-0.1, -0.05) is 52.2 Å². The maximum atomic E-state index is 13.4. The molecule has 0 aliphatic rings. The van der Waals surface area contributed by atoms with E-state index in [1.807, 2.05) is 53.9 Å². The number of rotatable bonds is 14. The van der Waals surface area contributed by atoms with Gasteiger partial charge in [-0.3, -0.25) is 9.59 Å². The lowest BCUT2D eigenvalue weighted by atomic mass is 10.0. The van der Waals surface area contributed by atoms with Crippen LogP contribution in [0.25, 0.3) is 0 Å². The average molecular weight is 454 g/mol. The fourth-order valence-electron chi connectivity index (χ4n) is 3.95. The van der Waals surface area contributed by atoms with E-state index < -0.39 is 0 Å². The molecule has 0 saturated heterocycles. The highest BCUT2D eigenvalue weighted by Gasteiger charge is 2.26. The van der Waals surface area contributed by atoms with Crippen LogP contribution in [0.4, 0.5) is 0 Å². The Morgan fingerprint density at radius 2 is 1.67 bits per heavy atom. The highest BCUT2D eigenvalue weighted by molar-refractivity contribution is 5.96. The Balaban J connectivity index is 2.14. The van der Waals surface area contributed by atoms with E-state index in [4.69, 9.17) is 0 Å². The third-order valence-corrected chi connectivity index (χ3v) is 6.50. The van der Waals surface area contributed by atoms with E-state index in [0.717, 1.165) is 31.4 Å². The largest absolute Gasteiger partial charge is 0.353 e. The van der Waals surface area contributed by atoms with Crippen molar-refractivity contribution >= 4 is 11.8 Å². The molecule has 2 rings (SSSR count). The van der Waals surface area contributed by atoms with E-state index in [-0.39, 0.29) is 24.4 Å². The van der Waals surface area contributed by atoms with Crippen molar-refractivity contribution in [1.29, 1.82) is 0 Å². The first-order valence-corrected chi connectivity index (χ1v) is 12.7. The van der Waals surface area contributed by atoms with Crippen molar-refractivity contribution in [3.8, 4) is 0 Å². The normalized spacial score (nSPS) is 11.9. The van der Waals surface area contributed by atoms with E-state index in [1.54, 1.807) is 4.90 Å². The predicted octanol–water partition coefficient (Wildman–Crippen LogP) is 5.83. The Hall–Kier alpha value is -2.56. The molecular formula is C28H43N3O2. The van der Waals surface area contributed by atoms with Gasteiger partial charge in [0.2, 0.25) is 5.91 Å². The predicted molar refractivity (Wildman–Crippen MR) is 136 cm³/mol. The Labute approximate surface area is 200 Å². The van der Waals surface area contributed by atoms with Crippen molar-refractivity contribution in [2.24, 2.45) is 7.05 Å². The molecule has 1 atom stereocenters. The molecule has 5 heteroatoms. The molecule has 0 bridgehead atoms. The zero-order valence-electron chi connectivity index (χ0n) is 21.3. The SMILES string of the molecule is CCCCCc1ccc(C(=O)N(CC(=O)N(CCCC)Cc2cccn2C)C(C)CC)cc1. The minimum absolute atomic E-state index is 0.00579. The lowest BCUT2D eigenvalue weighted by Crippen LogP contribution is -2.46. The topological polar surface area (TPSA) is 45.6 Å². The highest BCUT2D eigenvalue weighted by atomic mass is 16.2. The van der Waals surface area contributed by atoms with Crippen LogP contribution in [0.15, 0.2) is 42.6 Å². The van der Waals surface area contributed by atoms with Crippen LogP contribution in [0.2, 0.25) is 0 Å². The molecule has 0 spiro atoms. The number of carbonyl (C=O) groups excluding carboxylic acids is 2. The second kappa shape index (κ2) is 13.9. The summed E-state index contributed by atoms with van der Waals surface area (Å²) in [4.78, 5) is 30.4. The quantitative estimate of drug-likeness (QED) is 0.338. The van der Waals surface area contributed by atoms with Crippen LogP contribution in [0, 0.1) is 0 Å². The summed E-state index contributed by atoms with van der Waals surface area (Å²) in [7, 11) is 2.00. The van der Waals surface area contributed by atoms with Crippen LogP contribution >= 0.6 is 0 Å². The molecule has 182 valence electrons. The number of amides is 2. The van der Waals surface area contributed by atoms with Gasteiger partial charge >= 0.3 is 0 Å². The van der Waals surface area contributed by atoms with Crippen LogP contribution in [-0.4, -0.2) is 45.3 Å². The molecule has 0 saturated carbocycles. The smallest absolute Gasteiger partial charge is 0.254 e. The van der Waals surface area contributed by atoms with Crippen molar-refractivity contribution in [3.63, 3.8) is 0 Å². The molecule has 1 aromatic heterocycles. The van der Waals surface area contributed by atoms with Crippen LogP contribution in [0.1, 0.15) is 87.8 Å². The molecule has 0 aliphatic carbocycles. The fourth-order valence-corrected chi connectivity index (χ4v) is 3.95. The van der Waals surface area contributed by atoms with Crippen LogP contribution in [-0.2, 0) is 24.8 Å². The van der Waals surface area contributed by atoms with E-state index >= 15 is 0 Å². The first-order chi connectivity index (χ1) is 15.9. The Morgan fingerprint density at radius 1 is 0.970 bits per heavy atom. The monoisotopic (exact) mass is 453 g/mol. The third-order valence-electron chi connectivity index (χ3n) is 6.50. The van der Waals surface area contributed by atoms with Gasteiger partial charge in [0.1, 0.15) is 6.54 Å². The molecule has 33 heavy (non-hydrogen) atoms. The molecule has 0 aliphatic heterocycles. The number of aromatic nitrogens is 1. The average Bonchev–Trinajstić information content (AvgIpc) is 3.23. The summed E-state index contributed by atoms with van der Waals surface area (Å²) in [5, 5.41) is 0. The van der Waals surface area contributed by atoms with Gasteiger partial charge in [0.15, 0.2) is 0 Å². The molecule has 1 aromatic carbocycles. The summed E-state index contributed by atoms with van der Waals surface area (Å²) in [6, 6.07) is 12.0. The van der Waals surface area contributed by atoms with Gasteiger partial charge in [-0.05, 0) is 62.4 Å². The van der Waals surface area contributed by atoms with Gasteiger partial charge in [-0.2, -0.15) is 0 Å². The van der Waals surface area contributed by atoms with Crippen molar-refractivity contribution in [2.75, 3.05) is 13.1 Å². The van der Waals surface area contributed by atoms with Crippen LogP contribution < -0.4 is 0 Å². The van der Waals surface area contributed by atoms with Gasteiger partial charge in [0.05, 0.1) is 6.54 Å². The lowest BCUT2D eigenvalue weighted by Gasteiger charge is -2.31. The molecule has 0 N–H and O–H groups in total. The van der Waals surface area contributed by atoms with E-state index in [2.05, 4.69) is 32.9 Å². The maximum Gasteiger partial charge on any atom is 0.254 e. The number of hydrogen-bond donors (Lipinski definition) is 0. The van der Waals surface area contributed by atoms with Crippen LogP contribution in [0.3, 0.4) is 0 Å². The maximum absolute atomic E-state index is 13.4.